The van der Waals surface area contributed by atoms with E-state index in [0.29, 0.717) is 48.8 Å². The molecule has 1 unspecified atom stereocenters. The number of pyridine rings is 2. The maximum atomic E-state index is 12.4. The van der Waals surface area contributed by atoms with Crippen LogP contribution in [-0.4, -0.2) is 53.6 Å². The first-order valence-electron chi connectivity index (χ1n) is 9.72. The highest BCUT2D eigenvalue weighted by atomic mass is 16.5. The molecule has 0 saturated carbocycles. The normalized spacial score (nSPS) is 14.9. The molecule has 1 aliphatic rings. The Bertz CT molecular complexity index is 1010. The van der Waals surface area contributed by atoms with Gasteiger partial charge in [-0.2, -0.15) is 0 Å². The molecule has 0 aromatic carbocycles. The van der Waals surface area contributed by atoms with Crippen molar-refractivity contribution in [3.05, 3.63) is 33.1 Å². The van der Waals surface area contributed by atoms with Crippen molar-refractivity contribution < 1.29 is 29.2 Å². The van der Waals surface area contributed by atoms with Gasteiger partial charge in [-0.3, -0.25) is 4.79 Å². The Morgan fingerprint density at radius 2 is 2.07 bits per heavy atom. The molecule has 3 rings (SSSR count). The van der Waals surface area contributed by atoms with Crippen LogP contribution >= 0.6 is 0 Å². The number of nitrogens with zero attached hydrogens (tertiary/aromatic N) is 1. The van der Waals surface area contributed by atoms with Crippen LogP contribution in [0.1, 0.15) is 47.7 Å². The molecule has 9 heteroatoms. The minimum absolute atomic E-state index is 0.0727. The van der Waals surface area contributed by atoms with Gasteiger partial charge in [-0.1, -0.05) is 13.8 Å². The predicted octanol–water partition coefficient (Wildman–Crippen LogP) is 2.56. The highest BCUT2D eigenvalue weighted by Crippen LogP contribution is 2.47. The summed E-state index contributed by atoms with van der Waals surface area (Å²) in [4.78, 5) is 31.0. The summed E-state index contributed by atoms with van der Waals surface area (Å²) in [6.45, 7) is 4.94. The zero-order valence-electron chi connectivity index (χ0n) is 17.4. The van der Waals surface area contributed by atoms with Crippen molar-refractivity contribution in [3.8, 4) is 28.8 Å². The lowest BCUT2D eigenvalue weighted by Crippen LogP contribution is -2.26. The van der Waals surface area contributed by atoms with Gasteiger partial charge in [-0.15, -0.1) is 0 Å². The van der Waals surface area contributed by atoms with Crippen LogP contribution in [0.2, 0.25) is 0 Å². The first-order chi connectivity index (χ1) is 14.3. The van der Waals surface area contributed by atoms with E-state index in [1.54, 1.807) is 7.11 Å². The monoisotopic (exact) mass is 418 g/mol. The predicted molar refractivity (Wildman–Crippen MR) is 109 cm³/mol. The van der Waals surface area contributed by atoms with Gasteiger partial charge in [-0.25, -0.2) is 9.78 Å². The maximum absolute atomic E-state index is 12.4. The van der Waals surface area contributed by atoms with E-state index in [1.807, 2.05) is 19.9 Å². The van der Waals surface area contributed by atoms with Gasteiger partial charge in [-0.05, 0) is 29.9 Å². The van der Waals surface area contributed by atoms with Crippen LogP contribution in [0.3, 0.4) is 0 Å². The minimum atomic E-state index is -1.48. The highest BCUT2D eigenvalue weighted by Gasteiger charge is 2.35. The summed E-state index contributed by atoms with van der Waals surface area (Å²) in [5.41, 5.74) is 0.418. The third-order valence-electron chi connectivity index (χ3n) is 5.27. The van der Waals surface area contributed by atoms with Crippen LogP contribution < -0.4 is 15.0 Å². The molecule has 30 heavy (non-hydrogen) atoms. The fraction of sp³-hybridized carbons (Fsp3) is 0.476. The van der Waals surface area contributed by atoms with E-state index in [4.69, 9.17) is 14.2 Å². The number of ether oxygens (including phenoxy) is 3. The van der Waals surface area contributed by atoms with Crippen molar-refractivity contribution in [2.75, 3.05) is 27.4 Å². The van der Waals surface area contributed by atoms with Crippen molar-refractivity contribution >= 4 is 5.97 Å². The van der Waals surface area contributed by atoms with Gasteiger partial charge in [0.15, 0.2) is 11.3 Å². The number of carboxylic acid groups (broad SMARTS) is 1. The topological polar surface area (TPSA) is 131 Å². The second-order valence-electron chi connectivity index (χ2n) is 7.52. The van der Waals surface area contributed by atoms with E-state index in [2.05, 4.69) is 9.97 Å². The highest BCUT2D eigenvalue weighted by molar-refractivity contribution is 5.92. The number of carbonyl (C=O) groups is 1. The Kier molecular flexibility index (Phi) is 6.31. The quantitative estimate of drug-likeness (QED) is 0.558. The summed E-state index contributed by atoms with van der Waals surface area (Å²) < 4.78 is 16.2. The standard InChI is InChI=1S/C21H26N2O7/c1-10(2)12-8-11-9-13(30-7-5-6-28-3)20(29-4)23-16(11)17-14(12)18(24)15(21(26)27)19(25)22-17/h9-10,12H,5-8H2,1-4H3,(H,26,27)(H2,22,24,25). The molecule has 0 amide bonds. The number of nitrogens with one attached hydrogen (secondary N) is 1. The molecule has 0 spiro atoms. The summed E-state index contributed by atoms with van der Waals surface area (Å²) in [6, 6.07) is 1.83. The molecule has 0 fully saturated rings. The number of hydrogen-bond acceptors (Lipinski definition) is 7. The lowest BCUT2D eigenvalue weighted by molar-refractivity contribution is 0.0691. The van der Waals surface area contributed by atoms with Crippen LogP contribution in [0.25, 0.3) is 11.4 Å². The number of H-pyrrole nitrogens is 1. The largest absolute Gasteiger partial charge is 0.506 e. The molecule has 0 saturated heterocycles. The van der Waals surface area contributed by atoms with Gasteiger partial charge in [0, 0.05) is 25.7 Å². The van der Waals surface area contributed by atoms with Gasteiger partial charge in [0.2, 0.25) is 0 Å². The van der Waals surface area contributed by atoms with Gasteiger partial charge in [0.1, 0.15) is 5.75 Å². The number of fused-ring (bicyclic) bond motifs is 3. The molecule has 3 N–H and O–H groups in total. The Morgan fingerprint density at radius 3 is 2.67 bits per heavy atom. The van der Waals surface area contributed by atoms with E-state index in [1.165, 1.54) is 7.11 Å². The molecule has 2 heterocycles. The summed E-state index contributed by atoms with van der Waals surface area (Å²) in [6.07, 6.45) is 1.21. The molecule has 1 atom stereocenters. The zero-order chi connectivity index (χ0) is 22.0. The van der Waals surface area contributed by atoms with Crippen molar-refractivity contribution in [3.63, 3.8) is 0 Å². The van der Waals surface area contributed by atoms with Gasteiger partial charge in [0.05, 0.1) is 25.1 Å². The molecular weight excluding hydrogens is 392 g/mol. The second-order valence-corrected chi connectivity index (χ2v) is 7.52. The third kappa shape index (κ3) is 3.85. The molecule has 2 aromatic rings. The molecule has 0 radical (unpaired) electrons. The van der Waals surface area contributed by atoms with Gasteiger partial charge < -0.3 is 29.4 Å². The molecular formula is C21H26N2O7. The van der Waals surface area contributed by atoms with Crippen LogP contribution in [0.4, 0.5) is 0 Å². The Hall–Kier alpha value is -3.07. The van der Waals surface area contributed by atoms with Crippen molar-refractivity contribution in [1.82, 2.24) is 9.97 Å². The lowest BCUT2D eigenvalue weighted by Gasteiger charge is -2.31. The van der Waals surface area contributed by atoms with E-state index in [9.17, 15) is 19.8 Å². The van der Waals surface area contributed by atoms with Crippen LogP contribution in [0.5, 0.6) is 17.4 Å². The number of carboxylic acids is 1. The van der Waals surface area contributed by atoms with E-state index in [0.717, 1.165) is 5.56 Å². The smallest absolute Gasteiger partial charge is 0.345 e. The second kappa shape index (κ2) is 8.74. The average molecular weight is 418 g/mol. The van der Waals surface area contributed by atoms with E-state index in [-0.39, 0.29) is 17.7 Å². The van der Waals surface area contributed by atoms with Crippen molar-refractivity contribution in [2.45, 2.75) is 32.6 Å². The summed E-state index contributed by atoms with van der Waals surface area (Å²) in [7, 11) is 3.08. The SMILES string of the molecule is COCCCOc1cc2c(nc1OC)-c1[nH]c(=O)c(C(=O)O)c(O)c1C(C(C)C)C2. The molecule has 162 valence electrons. The minimum Gasteiger partial charge on any atom is -0.506 e. The van der Waals surface area contributed by atoms with Crippen LogP contribution in [0.15, 0.2) is 10.9 Å². The average Bonchev–Trinajstić information content (AvgIpc) is 2.69. The van der Waals surface area contributed by atoms with Crippen molar-refractivity contribution in [2.24, 2.45) is 5.92 Å². The Balaban J connectivity index is 2.17. The third-order valence-corrected chi connectivity index (χ3v) is 5.27. The molecule has 0 bridgehead atoms. The number of aromatic carboxylic acids is 1. The number of methoxy groups -OCH3 is 2. The zero-order valence-corrected chi connectivity index (χ0v) is 17.4. The molecule has 0 aliphatic heterocycles. The summed E-state index contributed by atoms with van der Waals surface area (Å²) >= 11 is 0. The lowest BCUT2D eigenvalue weighted by atomic mass is 9.76. The maximum Gasteiger partial charge on any atom is 0.345 e. The first-order valence-corrected chi connectivity index (χ1v) is 9.72. The van der Waals surface area contributed by atoms with Crippen molar-refractivity contribution in [1.29, 1.82) is 0 Å². The molecule has 9 nitrogen and oxygen atoms in total. The van der Waals surface area contributed by atoms with Crippen LogP contribution in [0, 0.1) is 5.92 Å². The number of aromatic amines is 1. The number of aromatic nitrogens is 2. The first kappa shape index (κ1) is 21.6. The number of aromatic hydroxyl groups is 1. The van der Waals surface area contributed by atoms with Gasteiger partial charge in [0.25, 0.3) is 11.4 Å². The molecule has 1 aliphatic carbocycles. The Morgan fingerprint density at radius 1 is 1.33 bits per heavy atom. The van der Waals surface area contributed by atoms with Crippen LogP contribution in [-0.2, 0) is 11.2 Å². The summed E-state index contributed by atoms with van der Waals surface area (Å²) in [5.74, 6) is -1.40. The fourth-order valence-electron chi connectivity index (χ4n) is 3.78. The summed E-state index contributed by atoms with van der Waals surface area (Å²) in [5, 5.41) is 20.0. The number of rotatable bonds is 8. The van der Waals surface area contributed by atoms with E-state index < -0.39 is 22.8 Å². The van der Waals surface area contributed by atoms with E-state index >= 15 is 0 Å². The fourth-order valence-corrected chi connectivity index (χ4v) is 3.78. The van der Waals surface area contributed by atoms with Gasteiger partial charge >= 0.3 is 5.97 Å². The number of hydrogen-bond donors (Lipinski definition) is 3. The molecule has 2 aromatic heterocycles. The Labute approximate surface area is 173 Å².